The van der Waals surface area contributed by atoms with E-state index in [1.807, 2.05) is 73.8 Å². The van der Waals surface area contributed by atoms with Crippen molar-refractivity contribution < 1.29 is 24.6 Å². The van der Waals surface area contributed by atoms with Crippen LogP contribution in [0.15, 0.2) is 102 Å². The van der Waals surface area contributed by atoms with Crippen molar-refractivity contribution in [2.45, 2.75) is 119 Å². The Morgan fingerprint density at radius 3 is 1.50 bits per heavy atom. The third-order valence-electron chi connectivity index (χ3n) is 12.5. The summed E-state index contributed by atoms with van der Waals surface area (Å²) in [6.45, 7) is 0. The van der Waals surface area contributed by atoms with Crippen molar-refractivity contribution in [2.75, 3.05) is 14.1 Å². The number of rotatable bonds is 8. The number of likely N-dealkylation sites (N-methyl/N-ethyl adjacent to an activating group) is 1. The van der Waals surface area contributed by atoms with Gasteiger partial charge in [0.25, 0.3) is 0 Å². The topological polar surface area (TPSA) is 116 Å². The van der Waals surface area contributed by atoms with Crippen LogP contribution in [0.2, 0.25) is 20.1 Å². The minimum absolute atomic E-state index is 0. The molecule has 1 atom stereocenters. The molecule has 0 heterocycles. The molecule has 4 aromatic rings. The first-order valence-electron chi connectivity index (χ1n) is 21.5. The van der Waals surface area contributed by atoms with E-state index in [0.29, 0.717) is 50.5 Å². The van der Waals surface area contributed by atoms with Crippen molar-refractivity contribution in [3.05, 3.63) is 139 Å². The molecular formula is C50H59Cl5N2O5. The highest BCUT2D eigenvalue weighted by atomic mass is 35.5. The third-order valence-corrected chi connectivity index (χ3v) is 13.8. The van der Waals surface area contributed by atoms with Crippen LogP contribution in [0, 0.1) is 5.92 Å². The molecule has 12 heteroatoms. The molecule has 4 aliphatic carbocycles. The van der Waals surface area contributed by atoms with Crippen molar-refractivity contribution in [2.24, 2.45) is 10.9 Å². The van der Waals surface area contributed by atoms with Crippen LogP contribution < -0.4 is 5.32 Å². The van der Waals surface area contributed by atoms with Gasteiger partial charge < -0.3 is 15.5 Å². The largest absolute Gasteiger partial charge is 0.384 e. The van der Waals surface area contributed by atoms with Gasteiger partial charge in [-0.2, -0.15) is 0 Å². The molecular weight excluding hydrogens is 886 g/mol. The summed E-state index contributed by atoms with van der Waals surface area (Å²) in [4.78, 5) is 40.5. The van der Waals surface area contributed by atoms with Crippen LogP contribution in [0.25, 0.3) is 0 Å². The lowest BCUT2D eigenvalue weighted by molar-refractivity contribution is -0.127. The molecule has 0 amide bonds. The number of benzene rings is 4. The van der Waals surface area contributed by atoms with Gasteiger partial charge in [0.2, 0.25) is 0 Å². The molecule has 4 saturated carbocycles. The number of aliphatic imine (C=N–C) groups is 1. The van der Waals surface area contributed by atoms with Crippen molar-refractivity contribution >= 4 is 81.9 Å². The SMILES string of the molecule is CN=C(c1ccccc1Cl)C1(O)CCCC1.CNC1(c2ccccc2Cl)CCCCC1=O.Cl.O=C(c1ccccc1Cl)C1(O)CCCC1.O=C(c1ccccc1Cl)C1CCCC1. The fraction of sp³-hybridized carbons (Fsp3) is 0.440. The lowest BCUT2D eigenvalue weighted by Crippen LogP contribution is -2.49. The Morgan fingerprint density at radius 2 is 1.03 bits per heavy atom. The van der Waals surface area contributed by atoms with E-state index in [0.717, 1.165) is 87.5 Å². The van der Waals surface area contributed by atoms with E-state index in [9.17, 15) is 24.6 Å². The van der Waals surface area contributed by atoms with Crippen LogP contribution in [-0.4, -0.2) is 58.6 Å². The molecule has 4 aromatic carbocycles. The van der Waals surface area contributed by atoms with Crippen LogP contribution in [-0.2, 0) is 10.3 Å². The molecule has 0 aromatic heterocycles. The highest BCUT2D eigenvalue weighted by Crippen LogP contribution is 2.38. The molecule has 334 valence electrons. The summed E-state index contributed by atoms with van der Waals surface area (Å²) in [6, 6.07) is 29.4. The normalized spacial score (nSPS) is 20.3. The lowest BCUT2D eigenvalue weighted by atomic mass is 9.75. The van der Waals surface area contributed by atoms with Gasteiger partial charge in [-0.1, -0.05) is 139 Å². The predicted molar refractivity (Wildman–Crippen MR) is 257 cm³/mol. The van der Waals surface area contributed by atoms with E-state index in [-0.39, 0.29) is 35.7 Å². The minimum Gasteiger partial charge on any atom is -0.384 e. The Bertz CT molecular complexity index is 2140. The lowest BCUT2D eigenvalue weighted by Gasteiger charge is -2.36. The summed E-state index contributed by atoms with van der Waals surface area (Å²) in [5.41, 5.74) is 1.13. The Balaban J connectivity index is 0.000000181. The summed E-state index contributed by atoms with van der Waals surface area (Å²) in [5, 5.41) is 26.2. The van der Waals surface area contributed by atoms with Gasteiger partial charge in [-0.05, 0) is 113 Å². The molecule has 8 rings (SSSR count). The second-order valence-corrected chi connectivity index (χ2v) is 18.1. The number of hydrogen-bond donors (Lipinski definition) is 3. The van der Waals surface area contributed by atoms with Gasteiger partial charge in [0.15, 0.2) is 17.3 Å². The second-order valence-electron chi connectivity index (χ2n) is 16.4. The molecule has 4 fully saturated rings. The van der Waals surface area contributed by atoms with Crippen LogP contribution in [0.4, 0.5) is 0 Å². The van der Waals surface area contributed by atoms with Crippen molar-refractivity contribution in [1.82, 2.24) is 5.32 Å². The van der Waals surface area contributed by atoms with E-state index in [4.69, 9.17) is 46.4 Å². The summed E-state index contributed by atoms with van der Waals surface area (Å²) in [5.74, 6) is 0.475. The molecule has 0 spiro atoms. The Kier molecular flexibility index (Phi) is 20.2. The smallest absolute Gasteiger partial charge is 0.195 e. The van der Waals surface area contributed by atoms with Gasteiger partial charge in [0.05, 0.1) is 15.8 Å². The first-order valence-corrected chi connectivity index (χ1v) is 23.0. The number of hydrogen-bond acceptors (Lipinski definition) is 7. The number of aliphatic hydroxyl groups is 2. The number of carbonyl (C=O) groups excluding carboxylic acids is 3. The van der Waals surface area contributed by atoms with Gasteiger partial charge in [-0.15, -0.1) is 12.4 Å². The van der Waals surface area contributed by atoms with E-state index in [1.165, 1.54) is 12.8 Å². The van der Waals surface area contributed by atoms with Crippen molar-refractivity contribution in [3.63, 3.8) is 0 Å². The van der Waals surface area contributed by atoms with Gasteiger partial charge in [0.1, 0.15) is 16.7 Å². The number of Topliss-reactive ketones (excluding diaryl/α,β-unsaturated/α-hetero) is 3. The zero-order valence-electron chi connectivity index (χ0n) is 35.6. The molecule has 4 aliphatic rings. The number of nitrogens with zero attached hydrogens (tertiary/aromatic N) is 1. The summed E-state index contributed by atoms with van der Waals surface area (Å²) >= 11 is 24.2. The fourth-order valence-electron chi connectivity index (χ4n) is 9.10. The maximum Gasteiger partial charge on any atom is 0.195 e. The van der Waals surface area contributed by atoms with Crippen LogP contribution in [0.1, 0.15) is 135 Å². The predicted octanol–water partition coefficient (Wildman–Crippen LogP) is 12.9. The Morgan fingerprint density at radius 1 is 0.597 bits per heavy atom. The first-order chi connectivity index (χ1) is 29.3. The molecule has 7 nitrogen and oxygen atoms in total. The number of halogens is 5. The van der Waals surface area contributed by atoms with Crippen LogP contribution in [0.5, 0.6) is 0 Å². The minimum atomic E-state index is -1.18. The zero-order chi connectivity index (χ0) is 44.0. The van der Waals surface area contributed by atoms with Crippen molar-refractivity contribution in [1.29, 1.82) is 0 Å². The number of nitrogens with one attached hydrogen (secondary N) is 1. The average molecular weight is 945 g/mol. The highest BCUT2D eigenvalue weighted by Gasteiger charge is 2.42. The summed E-state index contributed by atoms with van der Waals surface area (Å²) in [6.07, 6.45) is 14.6. The van der Waals surface area contributed by atoms with Gasteiger partial charge in [-0.3, -0.25) is 19.4 Å². The van der Waals surface area contributed by atoms with E-state index < -0.39 is 16.7 Å². The summed E-state index contributed by atoms with van der Waals surface area (Å²) in [7, 11) is 3.56. The second kappa shape index (κ2) is 24.3. The van der Waals surface area contributed by atoms with Crippen molar-refractivity contribution in [3.8, 4) is 0 Å². The molecule has 1 unspecified atom stereocenters. The maximum absolute atomic E-state index is 12.2. The zero-order valence-corrected chi connectivity index (χ0v) is 39.5. The van der Waals surface area contributed by atoms with Crippen LogP contribution in [0.3, 0.4) is 0 Å². The standard InChI is InChI=1S/2C13H16ClNO.C12H13ClO2.C12H13ClO.ClH/c1-15-12(13(16)8-4-5-9-13)10-6-2-3-7-11(10)14;1-15-13(9-5-4-8-12(13)16)10-6-2-3-7-11(10)14;13-10-6-2-1-5-9(10)11(14)12(15)7-3-4-8-12;13-11-8-4-3-7-10(11)12(14)9-5-1-2-6-9;/h2-3,6-7,16H,4-5,8-9H2,1H3;2-3,6-7,15H,4-5,8-9H2,1H3;1-2,5-6,15H,3-4,7-8H2;3-4,7-9H,1-2,5-6H2;1H. The molecule has 0 radical (unpaired) electrons. The molecule has 0 saturated heterocycles. The molecule has 0 aliphatic heterocycles. The summed E-state index contributed by atoms with van der Waals surface area (Å²) < 4.78 is 0. The van der Waals surface area contributed by atoms with E-state index >= 15 is 0 Å². The quantitative estimate of drug-likeness (QED) is 0.120. The average Bonchev–Trinajstić information content (AvgIpc) is 4.07. The molecule has 3 N–H and O–H groups in total. The number of carbonyl (C=O) groups is 3. The first kappa shape index (κ1) is 51.5. The van der Waals surface area contributed by atoms with Gasteiger partial charge in [0, 0.05) is 46.1 Å². The van der Waals surface area contributed by atoms with E-state index in [2.05, 4.69) is 10.3 Å². The fourth-order valence-corrected chi connectivity index (χ4v) is 10.1. The maximum atomic E-state index is 12.2. The Hall–Kier alpha value is -3.11. The monoisotopic (exact) mass is 942 g/mol. The van der Waals surface area contributed by atoms with E-state index in [1.54, 1.807) is 37.4 Å². The Labute approximate surface area is 393 Å². The van der Waals surface area contributed by atoms with Crippen LogP contribution >= 0.6 is 58.8 Å². The number of ketones is 3. The van der Waals surface area contributed by atoms with Gasteiger partial charge in [-0.25, -0.2) is 0 Å². The highest BCUT2D eigenvalue weighted by molar-refractivity contribution is 6.35. The molecule has 62 heavy (non-hydrogen) atoms. The molecule has 0 bridgehead atoms. The van der Waals surface area contributed by atoms with Gasteiger partial charge >= 0.3 is 0 Å². The third kappa shape index (κ3) is 12.6.